The van der Waals surface area contributed by atoms with E-state index in [4.69, 9.17) is 5.11 Å². The lowest BCUT2D eigenvalue weighted by Crippen LogP contribution is -2.29. The molecule has 0 radical (unpaired) electrons. The van der Waals surface area contributed by atoms with Gasteiger partial charge in [-0.25, -0.2) is 13.2 Å². The summed E-state index contributed by atoms with van der Waals surface area (Å²) in [4.78, 5) is 23.2. The first-order valence-corrected chi connectivity index (χ1v) is 10.1. The van der Waals surface area contributed by atoms with E-state index in [0.29, 0.717) is 16.8 Å². The summed E-state index contributed by atoms with van der Waals surface area (Å²) in [6, 6.07) is 12.9. The molecule has 27 heavy (non-hydrogen) atoms. The number of amides is 1. The summed E-state index contributed by atoms with van der Waals surface area (Å²) >= 11 is 0. The molecule has 0 fully saturated rings. The second-order valence-corrected chi connectivity index (χ2v) is 10.0. The molecule has 0 unspecified atom stereocenters. The van der Waals surface area contributed by atoms with Crippen LogP contribution >= 0.6 is 0 Å². The Kier molecular flexibility index (Phi) is 6.05. The lowest BCUT2D eigenvalue weighted by Gasteiger charge is -2.19. The molecule has 0 bridgehead atoms. The number of sulfone groups is 1. The average Bonchev–Trinajstić information content (AvgIpc) is 2.53. The molecule has 7 heteroatoms. The van der Waals surface area contributed by atoms with Crippen molar-refractivity contribution in [1.82, 2.24) is 0 Å². The molecule has 0 spiro atoms. The van der Waals surface area contributed by atoms with E-state index in [0.717, 1.165) is 0 Å². The first-order chi connectivity index (χ1) is 12.5. The monoisotopic (exact) mass is 389 g/mol. The van der Waals surface area contributed by atoms with Gasteiger partial charge in [-0.1, -0.05) is 24.3 Å². The number of carbonyl (C=O) groups excluding carboxylic acids is 1. The van der Waals surface area contributed by atoms with Gasteiger partial charge < -0.3 is 10.4 Å². The minimum atomic E-state index is -3.33. The summed E-state index contributed by atoms with van der Waals surface area (Å²) in [6.45, 7) is 4.96. The van der Waals surface area contributed by atoms with Gasteiger partial charge in [0.1, 0.15) is 0 Å². The van der Waals surface area contributed by atoms with E-state index in [2.05, 4.69) is 5.32 Å². The zero-order chi connectivity index (χ0) is 20.2. The molecule has 144 valence electrons. The second kappa shape index (κ2) is 7.92. The summed E-state index contributed by atoms with van der Waals surface area (Å²) in [7, 11) is -3.33. The van der Waals surface area contributed by atoms with Gasteiger partial charge in [0.25, 0.3) is 0 Å². The lowest BCUT2D eigenvalue weighted by atomic mass is 10.1. The molecule has 1 amide bonds. The predicted molar refractivity (Wildman–Crippen MR) is 105 cm³/mol. The van der Waals surface area contributed by atoms with E-state index >= 15 is 0 Å². The van der Waals surface area contributed by atoms with Crippen molar-refractivity contribution in [3.8, 4) is 0 Å². The molecule has 0 aliphatic carbocycles. The van der Waals surface area contributed by atoms with Gasteiger partial charge in [-0.15, -0.1) is 0 Å². The van der Waals surface area contributed by atoms with Crippen molar-refractivity contribution in [2.75, 3.05) is 5.32 Å². The van der Waals surface area contributed by atoms with Crippen molar-refractivity contribution >= 4 is 27.4 Å². The van der Waals surface area contributed by atoms with Crippen LogP contribution in [-0.4, -0.2) is 30.1 Å². The fraction of sp³-hybridized carbons (Fsp3) is 0.300. The van der Waals surface area contributed by atoms with Crippen molar-refractivity contribution in [3.05, 3.63) is 65.2 Å². The van der Waals surface area contributed by atoms with Crippen LogP contribution in [0.15, 0.2) is 48.5 Å². The molecular formula is C20H23NO5S. The number of carboxylic acid groups (broad SMARTS) is 1. The van der Waals surface area contributed by atoms with Gasteiger partial charge in [0.2, 0.25) is 5.91 Å². The molecular weight excluding hydrogens is 366 g/mol. The first kappa shape index (κ1) is 20.6. The van der Waals surface area contributed by atoms with Gasteiger partial charge >= 0.3 is 5.97 Å². The van der Waals surface area contributed by atoms with E-state index in [1.165, 1.54) is 12.1 Å². The number of benzene rings is 2. The summed E-state index contributed by atoms with van der Waals surface area (Å²) in [6.07, 6.45) is 0.0195. The topological polar surface area (TPSA) is 101 Å². The van der Waals surface area contributed by atoms with Crippen molar-refractivity contribution in [2.24, 2.45) is 0 Å². The highest BCUT2D eigenvalue weighted by atomic mass is 32.2. The summed E-state index contributed by atoms with van der Waals surface area (Å²) in [5, 5.41) is 11.7. The standard InChI is InChI=1S/C20H23NO5S/c1-20(2,3)27(25,26)13-15-7-5-9-17(11-15)21-18(22)12-14-6-4-8-16(10-14)19(23)24/h4-11H,12-13H2,1-3H3,(H,21,22)(H,23,24). The van der Waals surface area contributed by atoms with Crippen LogP contribution in [0.3, 0.4) is 0 Å². The SMILES string of the molecule is CC(C)(C)S(=O)(=O)Cc1cccc(NC(=O)Cc2cccc(C(=O)O)c2)c1. The summed E-state index contributed by atoms with van der Waals surface area (Å²) in [5.41, 5.74) is 1.79. The van der Waals surface area contributed by atoms with Crippen LogP contribution in [-0.2, 0) is 26.8 Å². The maximum Gasteiger partial charge on any atom is 0.335 e. The molecule has 0 saturated carbocycles. The van der Waals surface area contributed by atoms with Crippen LogP contribution in [0.1, 0.15) is 42.3 Å². The number of carboxylic acids is 1. The number of hydrogen-bond donors (Lipinski definition) is 2. The number of anilines is 1. The first-order valence-electron chi connectivity index (χ1n) is 8.41. The Labute approximate surface area is 159 Å². The Hall–Kier alpha value is -2.67. The van der Waals surface area contributed by atoms with E-state index in [1.807, 2.05) is 0 Å². The Morgan fingerprint density at radius 3 is 2.26 bits per heavy atom. The smallest absolute Gasteiger partial charge is 0.335 e. The average molecular weight is 389 g/mol. The fourth-order valence-electron chi connectivity index (χ4n) is 2.38. The number of carbonyl (C=O) groups is 2. The minimum absolute atomic E-state index is 0.0195. The quantitative estimate of drug-likeness (QED) is 0.790. The third-order valence-electron chi connectivity index (χ3n) is 4.04. The summed E-state index contributed by atoms with van der Waals surface area (Å²) < 4.78 is 23.8. The molecule has 2 rings (SSSR count). The largest absolute Gasteiger partial charge is 0.478 e. The van der Waals surface area contributed by atoms with Gasteiger partial charge in [0.15, 0.2) is 9.84 Å². The van der Waals surface area contributed by atoms with Crippen molar-refractivity contribution in [2.45, 2.75) is 37.7 Å². The minimum Gasteiger partial charge on any atom is -0.478 e. The molecule has 2 aromatic carbocycles. The lowest BCUT2D eigenvalue weighted by molar-refractivity contribution is -0.115. The second-order valence-electron chi connectivity index (χ2n) is 7.30. The number of aromatic carboxylic acids is 1. The molecule has 2 N–H and O–H groups in total. The van der Waals surface area contributed by atoms with E-state index in [9.17, 15) is 18.0 Å². The van der Waals surface area contributed by atoms with E-state index < -0.39 is 20.6 Å². The highest BCUT2D eigenvalue weighted by molar-refractivity contribution is 7.91. The van der Waals surface area contributed by atoms with Crippen LogP contribution in [0.5, 0.6) is 0 Å². The van der Waals surface area contributed by atoms with Crippen molar-refractivity contribution < 1.29 is 23.1 Å². The highest BCUT2D eigenvalue weighted by Gasteiger charge is 2.29. The van der Waals surface area contributed by atoms with Crippen LogP contribution in [0, 0.1) is 0 Å². The van der Waals surface area contributed by atoms with Gasteiger partial charge in [0, 0.05) is 5.69 Å². The molecule has 0 atom stereocenters. The third-order valence-corrected chi connectivity index (χ3v) is 6.62. The van der Waals surface area contributed by atoms with Gasteiger partial charge in [-0.05, 0) is 56.2 Å². The van der Waals surface area contributed by atoms with Gasteiger partial charge in [0.05, 0.1) is 22.5 Å². The Morgan fingerprint density at radius 1 is 1.00 bits per heavy atom. The number of rotatable bonds is 6. The normalized spacial score (nSPS) is 11.8. The maximum absolute atomic E-state index is 12.3. The number of nitrogens with one attached hydrogen (secondary N) is 1. The van der Waals surface area contributed by atoms with Crippen LogP contribution in [0.2, 0.25) is 0 Å². The Bertz CT molecular complexity index is 958. The van der Waals surface area contributed by atoms with Crippen LogP contribution < -0.4 is 5.32 Å². The van der Waals surface area contributed by atoms with Crippen molar-refractivity contribution in [1.29, 1.82) is 0 Å². The third kappa shape index (κ3) is 5.65. The van der Waals surface area contributed by atoms with Crippen LogP contribution in [0.4, 0.5) is 5.69 Å². The highest BCUT2D eigenvalue weighted by Crippen LogP contribution is 2.22. The predicted octanol–water partition coefficient (Wildman–Crippen LogP) is 3.28. The molecule has 0 aromatic heterocycles. The number of hydrogen-bond acceptors (Lipinski definition) is 4. The zero-order valence-electron chi connectivity index (χ0n) is 15.5. The fourth-order valence-corrected chi connectivity index (χ4v) is 3.43. The Balaban J connectivity index is 2.09. The zero-order valence-corrected chi connectivity index (χ0v) is 16.3. The maximum atomic E-state index is 12.3. The molecule has 0 heterocycles. The van der Waals surface area contributed by atoms with E-state index in [-0.39, 0.29) is 23.6 Å². The molecule has 2 aromatic rings. The van der Waals surface area contributed by atoms with Crippen LogP contribution in [0.25, 0.3) is 0 Å². The van der Waals surface area contributed by atoms with Crippen molar-refractivity contribution in [3.63, 3.8) is 0 Å². The molecule has 6 nitrogen and oxygen atoms in total. The van der Waals surface area contributed by atoms with Gasteiger partial charge in [-0.3, -0.25) is 4.79 Å². The van der Waals surface area contributed by atoms with E-state index in [1.54, 1.807) is 57.2 Å². The molecule has 0 aliphatic rings. The van der Waals surface area contributed by atoms with Gasteiger partial charge in [-0.2, -0.15) is 0 Å². The Morgan fingerprint density at radius 2 is 1.63 bits per heavy atom. The molecule has 0 saturated heterocycles. The molecule has 0 aliphatic heterocycles. The summed E-state index contributed by atoms with van der Waals surface area (Å²) in [5.74, 6) is -1.47.